The third kappa shape index (κ3) is 6.12. The number of allylic oxidation sites excluding steroid dienone is 2. The van der Waals surface area contributed by atoms with E-state index in [0.29, 0.717) is 51.4 Å². The van der Waals surface area contributed by atoms with E-state index in [1.165, 1.54) is 0 Å². The Morgan fingerprint density at radius 1 is 0.768 bits per heavy atom. The van der Waals surface area contributed by atoms with Gasteiger partial charge in [0.25, 0.3) is 0 Å². The van der Waals surface area contributed by atoms with Crippen molar-refractivity contribution >= 4 is 5.97 Å². The van der Waals surface area contributed by atoms with Crippen molar-refractivity contribution in [3.05, 3.63) is 11.6 Å². The standard InChI is InChI=1S/C41H66O15/c1-36(18-43)10-12-41(35(52)56-34-31(51)29(49)28(48)24(16-42)54-34)13-11-39(4)20(21(41)14-36)6-7-26-37(2)15-22(45)32(55-33-30(50)27(47)23(46)17-53-33)38(3,19-44)25(37)8-9-40(26,39)5/h6,21-34,42-51H,7-19H2,1-5H3. The van der Waals surface area contributed by atoms with E-state index in [2.05, 4.69) is 26.8 Å². The van der Waals surface area contributed by atoms with Gasteiger partial charge in [-0.05, 0) is 97.2 Å². The maximum absolute atomic E-state index is 14.6. The Kier molecular flexibility index (Phi) is 11.2. The number of hydrogen-bond acceptors (Lipinski definition) is 15. The summed E-state index contributed by atoms with van der Waals surface area (Å²) < 4.78 is 23.4. The van der Waals surface area contributed by atoms with Crippen LogP contribution >= 0.6 is 0 Å². The van der Waals surface area contributed by atoms with Crippen molar-refractivity contribution in [3.63, 3.8) is 0 Å². The molecule has 5 aliphatic carbocycles. The van der Waals surface area contributed by atoms with Crippen molar-refractivity contribution in [3.8, 4) is 0 Å². The van der Waals surface area contributed by atoms with Gasteiger partial charge in [0.15, 0.2) is 6.29 Å². The molecule has 0 aromatic heterocycles. The summed E-state index contributed by atoms with van der Waals surface area (Å²) in [7, 11) is 0. The Morgan fingerprint density at radius 3 is 2.11 bits per heavy atom. The molecule has 20 atom stereocenters. The molecular weight excluding hydrogens is 732 g/mol. The Balaban J connectivity index is 1.20. The van der Waals surface area contributed by atoms with Crippen LogP contribution in [0.1, 0.15) is 92.4 Å². The molecule has 15 nitrogen and oxygen atoms in total. The van der Waals surface area contributed by atoms with Crippen molar-refractivity contribution in [2.24, 2.45) is 50.2 Å². The molecule has 320 valence electrons. The zero-order valence-corrected chi connectivity index (χ0v) is 33.4. The predicted molar refractivity (Wildman–Crippen MR) is 196 cm³/mol. The Hall–Kier alpha value is -1.31. The van der Waals surface area contributed by atoms with E-state index in [9.17, 15) is 55.9 Å². The molecule has 7 aliphatic rings. The van der Waals surface area contributed by atoms with E-state index in [1.54, 1.807) is 0 Å². The zero-order chi connectivity index (χ0) is 41.0. The van der Waals surface area contributed by atoms with E-state index in [4.69, 9.17) is 18.9 Å². The molecule has 2 saturated heterocycles. The number of ether oxygens (including phenoxy) is 4. The smallest absolute Gasteiger partial charge is 0.315 e. The summed E-state index contributed by atoms with van der Waals surface area (Å²) in [6.07, 6.45) is -8.04. The minimum atomic E-state index is -1.73. The number of esters is 1. The first-order chi connectivity index (χ1) is 26.2. The predicted octanol–water partition coefficient (Wildman–Crippen LogP) is -0.129. The van der Waals surface area contributed by atoms with Crippen molar-refractivity contribution in [1.82, 2.24) is 0 Å². The zero-order valence-electron chi connectivity index (χ0n) is 33.4. The number of fused-ring (bicyclic) bond motifs is 7. The molecular formula is C41H66O15. The second-order valence-electron chi connectivity index (χ2n) is 20.0. The molecule has 0 spiro atoms. The third-order valence-electron chi connectivity index (χ3n) is 17.1. The van der Waals surface area contributed by atoms with Gasteiger partial charge in [-0.1, -0.05) is 46.3 Å². The van der Waals surface area contributed by atoms with Crippen LogP contribution in [0.15, 0.2) is 11.6 Å². The quantitative estimate of drug-likeness (QED) is 0.0915. The van der Waals surface area contributed by atoms with Gasteiger partial charge in [0.1, 0.15) is 42.7 Å². The Bertz CT molecular complexity index is 1510. The lowest BCUT2D eigenvalue weighted by molar-refractivity contribution is -0.328. The van der Waals surface area contributed by atoms with Gasteiger partial charge in [-0.3, -0.25) is 4.79 Å². The molecule has 0 aromatic rings. The van der Waals surface area contributed by atoms with E-state index in [1.807, 2.05) is 13.8 Å². The molecule has 6 fully saturated rings. The average molecular weight is 799 g/mol. The van der Waals surface area contributed by atoms with Gasteiger partial charge in [0.2, 0.25) is 6.29 Å². The molecule has 15 heteroatoms. The van der Waals surface area contributed by atoms with Crippen LogP contribution in [0.4, 0.5) is 0 Å². The summed E-state index contributed by atoms with van der Waals surface area (Å²) in [5.74, 6) is -0.947. The number of rotatable bonds is 7. The highest BCUT2D eigenvalue weighted by Gasteiger charge is 2.71. The molecule has 0 aromatic carbocycles. The topological polar surface area (TPSA) is 256 Å². The second-order valence-corrected chi connectivity index (χ2v) is 20.0. The van der Waals surface area contributed by atoms with Crippen molar-refractivity contribution in [2.75, 3.05) is 26.4 Å². The van der Waals surface area contributed by atoms with Crippen molar-refractivity contribution in [2.45, 2.75) is 160 Å². The summed E-state index contributed by atoms with van der Waals surface area (Å²) in [5, 5.41) is 106. The summed E-state index contributed by atoms with van der Waals surface area (Å²) in [6.45, 7) is 9.49. The van der Waals surface area contributed by atoms with Gasteiger partial charge in [0, 0.05) is 12.0 Å². The maximum atomic E-state index is 14.6. The Labute approximate surface area is 328 Å². The summed E-state index contributed by atoms with van der Waals surface area (Å²) >= 11 is 0. The minimum Gasteiger partial charge on any atom is -0.432 e. The molecule has 0 bridgehead atoms. The molecule has 20 unspecified atom stereocenters. The monoisotopic (exact) mass is 798 g/mol. The second kappa shape index (κ2) is 14.7. The summed E-state index contributed by atoms with van der Waals surface area (Å²) in [4.78, 5) is 14.6. The minimum absolute atomic E-state index is 0.0545. The normalized spacial score (nSPS) is 55.8. The first kappa shape index (κ1) is 42.8. The van der Waals surface area contributed by atoms with E-state index in [-0.39, 0.29) is 43.0 Å². The van der Waals surface area contributed by atoms with Crippen LogP contribution in [0.2, 0.25) is 0 Å². The number of carbonyl (C=O) groups excluding carboxylic acids is 1. The number of carbonyl (C=O) groups is 1. The van der Waals surface area contributed by atoms with Gasteiger partial charge in [-0.2, -0.15) is 0 Å². The van der Waals surface area contributed by atoms with E-state index >= 15 is 0 Å². The third-order valence-corrected chi connectivity index (χ3v) is 17.1. The summed E-state index contributed by atoms with van der Waals surface area (Å²) in [5.41, 5.74) is -2.48. The summed E-state index contributed by atoms with van der Waals surface area (Å²) in [6, 6.07) is 0. The lowest BCUT2D eigenvalue weighted by Gasteiger charge is -2.72. The van der Waals surface area contributed by atoms with Crippen LogP contribution in [0.3, 0.4) is 0 Å². The van der Waals surface area contributed by atoms with Gasteiger partial charge in [-0.15, -0.1) is 0 Å². The van der Waals surface area contributed by atoms with Gasteiger partial charge >= 0.3 is 5.97 Å². The average Bonchev–Trinajstić information content (AvgIpc) is 3.16. The number of aliphatic hydroxyl groups excluding tert-OH is 10. The Morgan fingerprint density at radius 2 is 1.45 bits per heavy atom. The van der Waals surface area contributed by atoms with Crippen LogP contribution in [-0.4, -0.2) is 151 Å². The fraction of sp³-hybridized carbons (Fsp3) is 0.927. The molecule has 10 N–H and O–H groups in total. The van der Waals surface area contributed by atoms with Crippen LogP contribution in [0.25, 0.3) is 0 Å². The molecule has 4 saturated carbocycles. The van der Waals surface area contributed by atoms with Gasteiger partial charge < -0.3 is 70.0 Å². The lowest BCUT2D eigenvalue weighted by Crippen LogP contribution is -2.69. The number of aliphatic hydroxyl groups is 10. The van der Waals surface area contributed by atoms with Crippen molar-refractivity contribution < 1.29 is 74.8 Å². The van der Waals surface area contributed by atoms with Crippen LogP contribution < -0.4 is 0 Å². The van der Waals surface area contributed by atoms with Gasteiger partial charge in [0.05, 0.1) is 37.4 Å². The highest BCUT2D eigenvalue weighted by atomic mass is 16.7. The van der Waals surface area contributed by atoms with E-state index in [0.717, 1.165) is 12.0 Å². The van der Waals surface area contributed by atoms with Gasteiger partial charge in [-0.25, -0.2) is 0 Å². The van der Waals surface area contributed by atoms with Crippen LogP contribution in [0, 0.1) is 50.2 Å². The fourth-order valence-electron chi connectivity index (χ4n) is 13.5. The molecule has 2 heterocycles. The molecule has 0 radical (unpaired) electrons. The first-order valence-electron chi connectivity index (χ1n) is 20.6. The largest absolute Gasteiger partial charge is 0.432 e. The molecule has 7 rings (SSSR count). The maximum Gasteiger partial charge on any atom is 0.315 e. The first-order valence-corrected chi connectivity index (χ1v) is 20.6. The number of hydrogen-bond donors (Lipinski definition) is 10. The lowest BCUT2D eigenvalue weighted by atomic mass is 9.33. The van der Waals surface area contributed by atoms with Crippen molar-refractivity contribution in [1.29, 1.82) is 0 Å². The highest BCUT2D eigenvalue weighted by Crippen LogP contribution is 2.76. The fourth-order valence-corrected chi connectivity index (χ4v) is 13.5. The highest BCUT2D eigenvalue weighted by molar-refractivity contribution is 5.79. The SMILES string of the molecule is CC1(CO)CCC2(C(=O)OC3OC(CO)C(O)C(O)C3O)CCC3(C)C(=CCC4C5(C)CC(O)C(OC6OCC(O)C(O)C6O)C(C)(CO)C5CCC43C)C2C1. The molecule has 0 amide bonds. The van der Waals surface area contributed by atoms with Crippen LogP contribution in [-0.2, 0) is 23.7 Å². The van der Waals surface area contributed by atoms with E-state index < -0.39 is 107 Å². The van der Waals surface area contributed by atoms with Crippen LogP contribution in [0.5, 0.6) is 0 Å². The molecule has 2 aliphatic heterocycles. The molecule has 56 heavy (non-hydrogen) atoms.